The van der Waals surface area contributed by atoms with Crippen LogP contribution in [-0.4, -0.2) is 39.9 Å². The molecule has 128 valence electrons. The molecule has 0 fully saturated rings. The van der Waals surface area contributed by atoms with Gasteiger partial charge in [0, 0.05) is 0 Å². The lowest BCUT2D eigenvalue weighted by molar-refractivity contribution is -0.124. The zero-order chi connectivity index (χ0) is 17.9. The second-order valence-corrected chi connectivity index (χ2v) is 5.97. The Morgan fingerprint density at radius 1 is 1.50 bits per heavy atom. The third kappa shape index (κ3) is 3.29. The lowest BCUT2D eigenvalue weighted by atomic mass is 9.89. The van der Waals surface area contributed by atoms with Crippen molar-refractivity contribution in [2.24, 2.45) is 10.9 Å². The SMILES string of the molecule is C/C=C/COc1cnc(C2=NC(C)(C(C)C)C(=O)N2)c(C(=O)O)c1. The summed E-state index contributed by atoms with van der Waals surface area (Å²) in [4.78, 5) is 32.3. The van der Waals surface area contributed by atoms with Crippen LogP contribution in [0.1, 0.15) is 43.7 Å². The maximum absolute atomic E-state index is 12.2. The third-order valence-corrected chi connectivity index (χ3v) is 4.06. The van der Waals surface area contributed by atoms with E-state index in [1.54, 1.807) is 13.0 Å². The largest absolute Gasteiger partial charge is 0.488 e. The van der Waals surface area contributed by atoms with E-state index < -0.39 is 11.5 Å². The summed E-state index contributed by atoms with van der Waals surface area (Å²) >= 11 is 0. The number of carbonyl (C=O) groups excluding carboxylic acids is 1. The fourth-order valence-corrected chi connectivity index (χ4v) is 2.17. The van der Waals surface area contributed by atoms with Crippen molar-refractivity contribution in [3.63, 3.8) is 0 Å². The summed E-state index contributed by atoms with van der Waals surface area (Å²) in [5, 5.41) is 12.1. The molecule has 7 nitrogen and oxygen atoms in total. The van der Waals surface area contributed by atoms with Crippen LogP contribution in [0.4, 0.5) is 0 Å². The van der Waals surface area contributed by atoms with Crippen LogP contribution in [0.2, 0.25) is 0 Å². The highest BCUT2D eigenvalue weighted by atomic mass is 16.5. The maximum atomic E-state index is 12.2. The van der Waals surface area contributed by atoms with E-state index in [4.69, 9.17) is 4.74 Å². The standard InChI is InChI=1S/C17H21N3O4/c1-5-6-7-24-11-8-12(15(21)22)13(18-9-11)14-19-16(23)17(4,20-14)10(2)3/h5-6,8-10H,7H2,1-4H3,(H,21,22)(H,19,20,23)/b6-5+. The van der Waals surface area contributed by atoms with Crippen LogP contribution in [0.25, 0.3) is 0 Å². The van der Waals surface area contributed by atoms with E-state index >= 15 is 0 Å². The van der Waals surface area contributed by atoms with Crippen LogP contribution in [0.15, 0.2) is 29.4 Å². The molecule has 0 aliphatic carbocycles. The Hall–Kier alpha value is -2.70. The highest BCUT2D eigenvalue weighted by Gasteiger charge is 2.43. The molecule has 1 aliphatic rings. The second kappa shape index (κ2) is 6.82. The summed E-state index contributed by atoms with van der Waals surface area (Å²) in [5.41, 5.74) is -0.882. The Labute approximate surface area is 140 Å². The van der Waals surface area contributed by atoms with E-state index in [2.05, 4.69) is 15.3 Å². The summed E-state index contributed by atoms with van der Waals surface area (Å²) in [5.74, 6) is -0.950. The number of nitrogens with zero attached hydrogens (tertiary/aromatic N) is 2. The molecule has 7 heteroatoms. The summed E-state index contributed by atoms with van der Waals surface area (Å²) < 4.78 is 5.42. The van der Waals surface area contributed by atoms with Crippen molar-refractivity contribution in [3.05, 3.63) is 35.7 Å². The number of carboxylic acids is 1. The first-order chi connectivity index (χ1) is 11.3. The summed E-state index contributed by atoms with van der Waals surface area (Å²) in [7, 11) is 0. The fraction of sp³-hybridized carbons (Fsp3) is 0.412. The van der Waals surface area contributed by atoms with Crippen LogP contribution in [0, 0.1) is 5.92 Å². The van der Waals surface area contributed by atoms with E-state index in [0.29, 0.717) is 12.4 Å². The fourth-order valence-electron chi connectivity index (χ4n) is 2.17. The minimum Gasteiger partial charge on any atom is -0.488 e. The minimum absolute atomic E-state index is 0.0354. The molecule has 0 bridgehead atoms. The molecule has 0 aromatic carbocycles. The molecular weight excluding hydrogens is 310 g/mol. The summed E-state index contributed by atoms with van der Waals surface area (Å²) in [6, 6.07) is 1.38. The number of amides is 1. The van der Waals surface area contributed by atoms with Crippen molar-refractivity contribution < 1.29 is 19.4 Å². The number of carbonyl (C=O) groups is 2. The van der Waals surface area contributed by atoms with Gasteiger partial charge in [-0.15, -0.1) is 0 Å². The van der Waals surface area contributed by atoms with E-state index in [-0.39, 0.29) is 28.9 Å². The number of rotatable bonds is 6. The average Bonchev–Trinajstić information content (AvgIpc) is 2.84. The van der Waals surface area contributed by atoms with Gasteiger partial charge in [0.05, 0.1) is 11.8 Å². The number of ether oxygens (including phenoxy) is 1. The topological polar surface area (TPSA) is 101 Å². The van der Waals surface area contributed by atoms with Gasteiger partial charge in [0.15, 0.2) is 5.84 Å². The van der Waals surface area contributed by atoms with Crippen LogP contribution >= 0.6 is 0 Å². The molecule has 1 amide bonds. The van der Waals surface area contributed by atoms with E-state index in [0.717, 1.165) is 0 Å². The Morgan fingerprint density at radius 2 is 2.21 bits per heavy atom. The van der Waals surface area contributed by atoms with Gasteiger partial charge in [0.25, 0.3) is 5.91 Å². The van der Waals surface area contributed by atoms with Crippen molar-refractivity contribution in [2.45, 2.75) is 33.2 Å². The van der Waals surface area contributed by atoms with Crippen LogP contribution in [-0.2, 0) is 4.79 Å². The average molecular weight is 331 g/mol. The van der Waals surface area contributed by atoms with Crippen molar-refractivity contribution in [3.8, 4) is 5.75 Å². The third-order valence-electron chi connectivity index (χ3n) is 4.06. The van der Waals surface area contributed by atoms with E-state index in [1.165, 1.54) is 12.3 Å². The molecule has 24 heavy (non-hydrogen) atoms. The molecule has 1 unspecified atom stereocenters. The zero-order valence-electron chi connectivity index (χ0n) is 14.2. The Morgan fingerprint density at radius 3 is 2.75 bits per heavy atom. The Kier molecular flexibility index (Phi) is 5.02. The minimum atomic E-state index is -1.16. The van der Waals surface area contributed by atoms with Gasteiger partial charge in [-0.1, -0.05) is 26.0 Å². The number of carboxylic acid groups (broad SMARTS) is 1. The van der Waals surface area contributed by atoms with Gasteiger partial charge in [-0.05, 0) is 25.8 Å². The number of aromatic nitrogens is 1. The first-order valence-electron chi connectivity index (χ1n) is 7.68. The molecule has 1 aromatic heterocycles. The van der Waals surface area contributed by atoms with Crippen LogP contribution in [0.3, 0.4) is 0 Å². The van der Waals surface area contributed by atoms with Gasteiger partial charge >= 0.3 is 5.97 Å². The number of aliphatic imine (C=N–C) groups is 1. The summed E-state index contributed by atoms with van der Waals surface area (Å²) in [6.07, 6.45) is 5.05. The van der Waals surface area contributed by atoms with Crippen molar-refractivity contribution in [2.75, 3.05) is 6.61 Å². The number of aromatic carboxylic acids is 1. The van der Waals surface area contributed by atoms with Gasteiger partial charge in [0.1, 0.15) is 23.6 Å². The van der Waals surface area contributed by atoms with E-state index in [1.807, 2.05) is 26.8 Å². The molecule has 0 spiro atoms. The quantitative estimate of drug-likeness (QED) is 0.777. The van der Waals surface area contributed by atoms with Crippen molar-refractivity contribution >= 4 is 17.7 Å². The highest BCUT2D eigenvalue weighted by Crippen LogP contribution is 2.27. The molecule has 1 aromatic rings. The number of nitrogens with one attached hydrogen (secondary N) is 1. The van der Waals surface area contributed by atoms with Gasteiger partial charge in [-0.3, -0.25) is 4.79 Å². The number of pyridine rings is 1. The lowest BCUT2D eigenvalue weighted by Crippen LogP contribution is -2.41. The number of amidine groups is 1. The maximum Gasteiger partial charge on any atom is 0.338 e. The molecule has 1 atom stereocenters. The predicted octanol–water partition coefficient (Wildman–Crippen LogP) is 2.03. The van der Waals surface area contributed by atoms with E-state index in [9.17, 15) is 14.7 Å². The molecule has 0 radical (unpaired) electrons. The van der Waals surface area contributed by atoms with Gasteiger partial charge < -0.3 is 15.2 Å². The number of hydrogen-bond donors (Lipinski definition) is 2. The Bertz CT molecular complexity index is 725. The second-order valence-electron chi connectivity index (χ2n) is 5.97. The van der Waals surface area contributed by atoms with Crippen LogP contribution in [0.5, 0.6) is 5.75 Å². The van der Waals surface area contributed by atoms with Gasteiger partial charge in [-0.25, -0.2) is 14.8 Å². The smallest absolute Gasteiger partial charge is 0.338 e. The monoisotopic (exact) mass is 331 g/mol. The number of allylic oxidation sites excluding steroid dienone is 1. The molecule has 1 aliphatic heterocycles. The summed E-state index contributed by atoms with van der Waals surface area (Å²) in [6.45, 7) is 7.67. The van der Waals surface area contributed by atoms with Gasteiger partial charge in [-0.2, -0.15) is 0 Å². The normalized spacial score (nSPS) is 20.4. The molecule has 0 saturated carbocycles. The first-order valence-corrected chi connectivity index (χ1v) is 7.68. The molecule has 2 rings (SSSR count). The van der Waals surface area contributed by atoms with Gasteiger partial charge in [0.2, 0.25) is 0 Å². The zero-order valence-corrected chi connectivity index (χ0v) is 14.2. The molecule has 2 heterocycles. The Balaban J connectivity index is 2.40. The predicted molar refractivity (Wildman–Crippen MR) is 89.4 cm³/mol. The number of hydrogen-bond acceptors (Lipinski definition) is 5. The highest BCUT2D eigenvalue weighted by molar-refractivity contribution is 6.17. The van der Waals surface area contributed by atoms with Crippen molar-refractivity contribution in [1.29, 1.82) is 0 Å². The van der Waals surface area contributed by atoms with Crippen molar-refractivity contribution in [1.82, 2.24) is 10.3 Å². The van der Waals surface area contributed by atoms with Crippen LogP contribution < -0.4 is 10.1 Å². The lowest BCUT2D eigenvalue weighted by Gasteiger charge is -2.21. The molecule has 2 N–H and O–H groups in total. The first kappa shape index (κ1) is 17.7. The molecular formula is C17H21N3O4. The molecule has 0 saturated heterocycles.